The van der Waals surface area contributed by atoms with E-state index in [2.05, 4.69) is 20.5 Å². The summed E-state index contributed by atoms with van der Waals surface area (Å²) in [5.41, 5.74) is 1.68. The Morgan fingerprint density at radius 2 is 1.76 bits per heavy atom. The van der Waals surface area contributed by atoms with E-state index >= 15 is 0 Å². The van der Waals surface area contributed by atoms with Crippen molar-refractivity contribution >= 4 is 22.6 Å². The maximum Gasteiger partial charge on any atom is 0.246 e. The largest absolute Gasteiger partial charge is 0.322 e. The highest BCUT2D eigenvalue weighted by atomic mass is 19.2. The van der Waals surface area contributed by atoms with Crippen molar-refractivity contribution in [1.82, 2.24) is 24.5 Å². The molecule has 1 aliphatic rings. The Morgan fingerprint density at radius 1 is 1.09 bits per heavy atom. The number of anilines is 1. The van der Waals surface area contributed by atoms with E-state index in [4.69, 9.17) is 0 Å². The third-order valence-corrected chi connectivity index (χ3v) is 5.69. The maximum absolute atomic E-state index is 13.9. The van der Waals surface area contributed by atoms with E-state index < -0.39 is 47.1 Å². The van der Waals surface area contributed by atoms with Crippen molar-refractivity contribution in [3.8, 4) is 0 Å². The SMILES string of the molecule is Cc1nn(CC(=O)Nc2cnn(Cc3c(F)c(F)c(F)c(F)c3F)c2)c2nccc(C3CC3)c12. The number of carbonyl (C=O) groups excluding carboxylic acids is 1. The van der Waals surface area contributed by atoms with E-state index in [1.54, 1.807) is 6.20 Å². The Kier molecular flexibility index (Phi) is 5.29. The topological polar surface area (TPSA) is 77.6 Å². The molecule has 1 aliphatic carbocycles. The van der Waals surface area contributed by atoms with Gasteiger partial charge in [-0.3, -0.25) is 9.48 Å². The smallest absolute Gasteiger partial charge is 0.246 e. The van der Waals surface area contributed by atoms with Gasteiger partial charge in [-0.2, -0.15) is 10.2 Å². The van der Waals surface area contributed by atoms with Crippen molar-refractivity contribution in [2.45, 2.75) is 38.8 Å². The molecule has 1 amide bonds. The molecule has 0 saturated heterocycles. The van der Waals surface area contributed by atoms with Crippen LogP contribution in [0.1, 0.15) is 35.6 Å². The molecule has 1 saturated carbocycles. The van der Waals surface area contributed by atoms with Crippen LogP contribution < -0.4 is 5.32 Å². The quantitative estimate of drug-likeness (QED) is 0.257. The molecule has 7 nitrogen and oxygen atoms in total. The Bertz CT molecular complexity index is 1410. The molecule has 0 spiro atoms. The van der Waals surface area contributed by atoms with Crippen molar-refractivity contribution in [3.63, 3.8) is 0 Å². The number of halogens is 5. The number of aryl methyl sites for hydroxylation is 1. The van der Waals surface area contributed by atoms with Crippen LogP contribution in [0.3, 0.4) is 0 Å². The zero-order chi connectivity index (χ0) is 24.1. The van der Waals surface area contributed by atoms with Gasteiger partial charge in [-0.15, -0.1) is 0 Å². The van der Waals surface area contributed by atoms with Crippen molar-refractivity contribution in [2.75, 3.05) is 5.32 Å². The summed E-state index contributed by atoms with van der Waals surface area (Å²) in [6.45, 7) is 0.987. The molecule has 176 valence electrons. The first-order chi connectivity index (χ1) is 16.2. The van der Waals surface area contributed by atoms with Gasteiger partial charge in [-0.1, -0.05) is 0 Å². The molecule has 3 heterocycles. The minimum absolute atomic E-state index is 0.145. The first kappa shape index (κ1) is 22.0. The zero-order valence-electron chi connectivity index (χ0n) is 17.7. The fourth-order valence-electron chi connectivity index (χ4n) is 3.96. The van der Waals surface area contributed by atoms with E-state index in [1.165, 1.54) is 22.6 Å². The Hall–Kier alpha value is -3.83. The van der Waals surface area contributed by atoms with Crippen LogP contribution in [0.15, 0.2) is 24.7 Å². The molecular weight excluding hydrogens is 459 g/mol. The molecule has 1 N–H and O–H groups in total. The first-order valence-corrected chi connectivity index (χ1v) is 10.4. The molecule has 0 radical (unpaired) electrons. The summed E-state index contributed by atoms with van der Waals surface area (Å²) in [5, 5.41) is 11.8. The molecule has 5 rings (SSSR count). The summed E-state index contributed by atoms with van der Waals surface area (Å²) in [4.78, 5) is 16.9. The summed E-state index contributed by atoms with van der Waals surface area (Å²) in [7, 11) is 0. The van der Waals surface area contributed by atoms with Crippen molar-refractivity contribution in [3.05, 3.63) is 70.6 Å². The van der Waals surface area contributed by atoms with Gasteiger partial charge in [0.05, 0.1) is 29.7 Å². The highest BCUT2D eigenvalue weighted by Crippen LogP contribution is 2.43. The second-order valence-corrected chi connectivity index (χ2v) is 8.14. The molecule has 0 atom stereocenters. The standard InChI is InChI=1S/C22H17F5N6O/c1-10-16-13(11-2-3-11)4-5-28-22(16)33(31-10)9-15(34)30-12-6-29-32(7-12)8-14-17(23)19(25)21(27)20(26)18(14)24/h4-7,11H,2-3,8-9H2,1H3,(H,30,34). The van der Waals surface area contributed by atoms with E-state index in [0.717, 1.165) is 28.6 Å². The van der Waals surface area contributed by atoms with Gasteiger partial charge in [0.2, 0.25) is 11.7 Å². The molecule has 1 aromatic carbocycles. The minimum atomic E-state index is -2.23. The Labute approximate surface area is 189 Å². The normalized spacial score (nSPS) is 13.6. The summed E-state index contributed by atoms with van der Waals surface area (Å²) < 4.78 is 70.3. The fourth-order valence-corrected chi connectivity index (χ4v) is 3.96. The average Bonchev–Trinajstić information content (AvgIpc) is 3.50. The molecule has 34 heavy (non-hydrogen) atoms. The van der Waals surface area contributed by atoms with Gasteiger partial charge >= 0.3 is 0 Å². The number of nitrogens with one attached hydrogen (secondary N) is 1. The van der Waals surface area contributed by atoms with Gasteiger partial charge in [-0.25, -0.2) is 31.6 Å². The number of pyridine rings is 1. The fraction of sp³-hybridized carbons (Fsp3) is 0.273. The molecule has 12 heteroatoms. The average molecular weight is 476 g/mol. The summed E-state index contributed by atoms with van der Waals surface area (Å²) >= 11 is 0. The van der Waals surface area contributed by atoms with Gasteiger partial charge in [0.25, 0.3) is 0 Å². The highest BCUT2D eigenvalue weighted by Gasteiger charge is 2.28. The summed E-state index contributed by atoms with van der Waals surface area (Å²) in [5.74, 6) is -10.1. The zero-order valence-corrected chi connectivity index (χ0v) is 17.7. The third kappa shape index (κ3) is 3.78. The number of carbonyl (C=O) groups is 1. The first-order valence-electron chi connectivity index (χ1n) is 10.4. The monoisotopic (exact) mass is 476 g/mol. The van der Waals surface area contributed by atoms with E-state index in [9.17, 15) is 26.7 Å². The highest BCUT2D eigenvalue weighted by molar-refractivity contribution is 5.91. The van der Waals surface area contributed by atoms with Crippen LogP contribution >= 0.6 is 0 Å². The number of amides is 1. The van der Waals surface area contributed by atoms with Crippen molar-refractivity contribution in [1.29, 1.82) is 0 Å². The lowest BCUT2D eigenvalue weighted by molar-refractivity contribution is -0.116. The van der Waals surface area contributed by atoms with Crippen molar-refractivity contribution in [2.24, 2.45) is 0 Å². The number of rotatable bonds is 6. The Balaban J connectivity index is 1.32. The van der Waals surface area contributed by atoms with Gasteiger partial charge in [0, 0.05) is 17.8 Å². The van der Waals surface area contributed by atoms with Crippen LogP contribution in [0.2, 0.25) is 0 Å². The maximum atomic E-state index is 13.9. The molecule has 0 bridgehead atoms. The molecule has 1 fully saturated rings. The van der Waals surface area contributed by atoms with Crippen LogP contribution in [-0.2, 0) is 17.9 Å². The predicted octanol–water partition coefficient (Wildman–Crippen LogP) is 4.20. The van der Waals surface area contributed by atoms with Crippen LogP contribution in [-0.4, -0.2) is 30.5 Å². The van der Waals surface area contributed by atoms with Gasteiger partial charge < -0.3 is 5.32 Å². The minimum Gasteiger partial charge on any atom is -0.322 e. The second-order valence-electron chi connectivity index (χ2n) is 8.14. The number of hydrogen-bond acceptors (Lipinski definition) is 4. The number of aromatic nitrogens is 5. The van der Waals surface area contributed by atoms with Crippen LogP contribution in [0.5, 0.6) is 0 Å². The molecule has 4 aromatic rings. The predicted molar refractivity (Wildman–Crippen MR) is 110 cm³/mol. The summed E-state index contributed by atoms with van der Waals surface area (Å²) in [6, 6.07) is 1.97. The number of fused-ring (bicyclic) bond motifs is 1. The number of nitrogens with zero attached hydrogens (tertiary/aromatic N) is 5. The van der Waals surface area contributed by atoms with Crippen molar-refractivity contribution < 1.29 is 26.7 Å². The number of benzene rings is 1. The Morgan fingerprint density at radius 3 is 2.44 bits per heavy atom. The summed E-state index contributed by atoms with van der Waals surface area (Å²) in [6.07, 6.45) is 6.32. The lowest BCUT2D eigenvalue weighted by atomic mass is 10.1. The van der Waals surface area contributed by atoms with Crippen LogP contribution in [0.4, 0.5) is 27.6 Å². The van der Waals surface area contributed by atoms with Gasteiger partial charge in [0.15, 0.2) is 28.9 Å². The number of hydrogen-bond donors (Lipinski definition) is 1. The molecule has 0 aliphatic heterocycles. The second kappa shape index (κ2) is 8.19. The molecular formula is C22H17F5N6O. The molecule has 3 aromatic heterocycles. The van der Waals surface area contributed by atoms with E-state index in [0.29, 0.717) is 11.6 Å². The van der Waals surface area contributed by atoms with Gasteiger partial charge in [0.1, 0.15) is 6.54 Å². The van der Waals surface area contributed by atoms with E-state index in [1.807, 2.05) is 13.0 Å². The third-order valence-electron chi connectivity index (χ3n) is 5.69. The van der Waals surface area contributed by atoms with Crippen LogP contribution in [0.25, 0.3) is 11.0 Å². The lowest BCUT2D eigenvalue weighted by Gasteiger charge is -2.08. The lowest BCUT2D eigenvalue weighted by Crippen LogP contribution is -2.19. The van der Waals surface area contributed by atoms with Crippen LogP contribution in [0, 0.1) is 36.0 Å². The van der Waals surface area contributed by atoms with Gasteiger partial charge in [-0.05, 0) is 37.3 Å². The van der Waals surface area contributed by atoms with E-state index in [-0.39, 0.29) is 12.2 Å². The molecule has 0 unspecified atom stereocenters.